The lowest BCUT2D eigenvalue weighted by Gasteiger charge is -2.19. The maximum absolute atomic E-state index is 11.9. The Balaban J connectivity index is 1.70. The van der Waals surface area contributed by atoms with E-state index in [1.165, 1.54) is 0 Å². The number of carbonyl (C=O) groups is 2. The Morgan fingerprint density at radius 3 is 2.58 bits per heavy atom. The molecule has 0 saturated carbocycles. The molecule has 6 nitrogen and oxygen atoms in total. The zero-order valence-corrected chi connectivity index (χ0v) is 18.6. The molecule has 0 aliphatic heterocycles. The number of amides is 1. The van der Waals surface area contributed by atoms with Crippen LogP contribution in [0.15, 0.2) is 48.7 Å². The Kier molecular flexibility index (Phi) is 7.00. The van der Waals surface area contributed by atoms with E-state index in [4.69, 9.17) is 9.47 Å². The number of carbonyl (C=O) groups excluding carboxylic acids is 2. The van der Waals surface area contributed by atoms with Gasteiger partial charge >= 0.3 is 12.1 Å². The molecule has 31 heavy (non-hydrogen) atoms. The second kappa shape index (κ2) is 9.69. The van der Waals surface area contributed by atoms with Crippen LogP contribution in [0.5, 0.6) is 0 Å². The normalized spacial score (nSPS) is 11.4. The Bertz CT molecular complexity index is 1060. The van der Waals surface area contributed by atoms with Gasteiger partial charge in [0.1, 0.15) is 5.60 Å². The van der Waals surface area contributed by atoms with Crippen LogP contribution in [0.3, 0.4) is 0 Å². The smallest absolute Gasteiger partial charge is 0.407 e. The predicted molar refractivity (Wildman–Crippen MR) is 122 cm³/mol. The number of ether oxygens (including phenoxy) is 2. The minimum Gasteiger partial charge on any atom is -0.466 e. The highest BCUT2D eigenvalue weighted by atomic mass is 16.6. The summed E-state index contributed by atoms with van der Waals surface area (Å²) in [5.41, 5.74) is 4.73. The van der Waals surface area contributed by atoms with Crippen molar-refractivity contribution in [3.8, 4) is 11.1 Å². The molecule has 2 aromatic carbocycles. The highest BCUT2D eigenvalue weighted by Crippen LogP contribution is 2.27. The van der Waals surface area contributed by atoms with Gasteiger partial charge in [-0.05, 0) is 68.5 Å². The lowest BCUT2D eigenvalue weighted by Crippen LogP contribution is -2.32. The molecule has 0 radical (unpaired) electrons. The Morgan fingerprint density at radius 2 is 1.84 bits per heavy atom. The SMILES string of the molecule is CCOC(=O)CCc1c[nH]c2cc(-c3cccc(CNC(=O)OC(C)(C)C)c3)ccc12. The van der Waals surface area contributed by atoms with E-state index in [1.54, 1.807) is 0 Å². The first-order chi connectivity index (χ1) is 14.7. The van der Waals surface area contributed by atoms with E-state index in [9.17, 15) is 9.59 Å². The molecule has 1 aromatic heterocycles. The van der Waals surface area contributed by atoms with Crippen molar-refractivity contribution in [2.24, 2.45) is 0 Å². The molecule has 6 heteroatoms. The average Bonchev–Trinajstić information content (AvgIpc) is 3.12. The zero-order chi connectivity index (χ0) is 22.4. The molecule has 0 saturated heterocycles. The van der Waals surface area contributed by atoms with Gasteiger partial charge in [-0.25, -0.2) is 4.79 Å². The monoisotopic (exact) mass is 422 g/mol. The highest BCUT2D eigenvalue weighted by molar-refractivity contribution is 5.88. The molecule has 164 valence electrons. The largest absolute Gasteiger partial charge is 0.466 e. The molecular formula is C25H30N2O4. The molecule has 3 rings (SSSR count). The van der Waals surface area contributed by atoms with Crippen molar-refractivity contribution in [3.05, 3.63) is 59.8 Å². The van der Waals surface area contributed by atoms with Crippen molar-refractivity contribution in [2.75, 3.05) is 6.61 Å². The number of nitrogens with one attached hydrogen (secondary N) is 2. The minimum atomic E-state index is -0.521. The first-order valence-corrected chi connectivity index (χ1v) is 10.6. The van der Waals surface area contributed by atoms with E-state index in [0.29, 0.717) is 26.0 Å². The number of benzene rings is 2. The first kappa shape index (κ1) is 22.4. The summed E-state index contributed by atoms with van der Waals surface area (Å²) in [5.74, 6) is -0.176. The molecule has 0 aliphatic rings. The van der Waals surface area contributed by atoms with Crippen molar-refractivity contribution in [3.63, 3.8) is 0 Å². The minimum absolute atomic E-state index is 0.176. The Morgan fingerprint density at radius 1 is 1.06 bits per heavy atom. The zero-order valence-electron chi connectivity index (χ0n) is 18.6. The number of alkyl carbamates (subject to hydrolysis) is 1. The number of aromatic nitrogens is 1. The molecule has 0 spiro atoms. The maximum atomic E-state index is 11.9. The van der Waals surface area contributed by atoms with Gasteiger partial charge in [-0.3, -0.25) is 4.79 Å². The van der Waals surface area contributed by atoms with Gasteiger partial charge < -0.3 is 19.8 Å². The summed E-state index contributed by atoms with van der Waals surface area (Å²) in [6.07, 6.45) is 2.54. The number of esters is 1. The van der Waals surface area contributed by atoms with Gasteiger partial charge in [0.2, 0.25) is 0 Å². The van der Waals surface area contributed by atoms with E-state index in [-0.39, 0.29) is 5.97 Å². The molecule has 1 amide bonds. The molecule has 0 fully saturated rings. The molecular weight excluding hydrogens is 392 g/mol. The Hall–Kier alpha value is -3.28. The number of H-pyrrole nitrogens is 1. The summed E-state index contributed by atoms with van der Waals surface area (Å²) in [6.45, 7) is 8.13. The second-order valence-electron chi connectivity index (χ2n) is 8.44. The van der Waals surface area contributed by atoms with Crippen LogP contribution in [0.4, 0.5) is 4.79 Å². The van der Waals surface area contributed by atoms with Gasteiger partial charge in [0.25, 0.3) is 0 Å². The number of fused-ring (bicyclic) bond motifs is 1. The summed E-state index contributed by atoms with van der Waals surface area (Å²) >= 11 is 0. The van der Waals surface area contributed by atoms with Gasteiger partial charge in [0, 0.05) is 30.1 Å². The van der Waals surface area contributed by atoms with Crippen LogP contribution in [0.2, 0.25) is 0 Å². The van der Waals surface area contributed by atoms with E-state index in [0.717, 1.165) is 33.2 Å². The molecule has 1 heterocycles. The van der Waals surface area contributed by atoms with E-state index in [2.05, 4.69) is 34.6 Å². The quantitative estimate of drug-likeness (QED) is 0.503. The van der Waals surface area contributed by atoms with Gasteiger partial charge in [-0.2, -0.15) is 0 Å². The van der Waals surface area contributed by atoms with Gasteiger partial charge in [-0.1, -0.05) is 30.3 Å². The van der Waals surface area contributed by atoms with Crippen LogP contribution >= 0.6 is 0 Å². The number of hydrogen-bond donors (Lipinski definition) is 2. The average molecular weight is 423 g/mol. The third-order valence-corrected chi connectivity index (χ3v) is 4.77. The van der Waals surface area contributed by atoms with Crippen LogP contribution in [0, 0.1) is 0 Å². The standard InChI is InChI=1S/C25H30N2O4/c1-5-30-23(28)12-10-20-16-26-22-14-19(9-11-21(20)22)18-8-6-7-17(13-18)15-27-24(29)31-25(2,3)4/h6-9,11,13-14,16,26H,5,10,12,15H2,1-4H3,(H,27,29). The molecule has 2 N–H and O–H groups in total. The summed E-state index contributed by atoms with van der Waals surface area (Å²) in [5, 5.41) is 3.90. The number of rotatable bonds is 7. The number of hydrogen-bond acceptors (Lipinski definition) is 4. The molecule has 0 aliphatic carbocycles. The summed E-state index contributed by atoms with van der Waals surface area (Å²) < 4.78 is 10.3. The second-order valence-corrected chi connectivity index (χ2v) is 8.44. The summed E-state index contributed by atoms with van der Waals surface area (Å²) in [4.78, 5) is 26.8. The fourth-order valence-electron chi connectivity index (χ4n) is 3.39. The molecule has 0 bridgehead atoms. The van der Waals surface area contributed by atoms with Crippen LogP contribution < -0.4 is 5.32 Å². The van der Waals surface area contributed by atoms with Crippen LogP contribution in [-0.4, -0.2) is 29.3 Å². The van der Waals surface area contributed by atoms with E-state index in [1.807, 2.05) is 52.1 Å². The topological polar surface area (TPSA) is 80.4 Å². The van der Waals surface area contributed by atoms with Crippen molar-refractivity contribution in [1.82, 2.24) is 10.3 Å². The third-order valence-electron chi connectivity index (χ3n) is 4.77. The summed E-state index contributed by atoms with van der Waals surface area (Å²) in [6, 6.07) is 14.3. The molecule has 0 atom stereocenters. The maximum Gasteiger partial charge on any atom is 0.407 e. The Labute approximate surface area is 182 Å². The summed E-state index contributed by atoms with van der Waals surface area (Å²) in [7, 11) is 0. The molecule has 0 unspecified atom stereocenters. The van der Waals surface area contributed by atoms with Crippen molar-refractivity contribution < 1.29 is 19.1 Å². The van der Waals surface area contributed by atoms with Crippen LogP contribution in [-0.2, 0) is 27.2 Å². The van der Waals surface area contributed by atoms with Gasteiger partial charge in [0.15, 0.2) is 0 Å². The van der Waals surface area contributed by atoms with E-state index < -0.39 is 11.7 Å². The number of aryl methyl sites for hydroxylation is 1. The predicted octanol–water partition coefficient (Wildman–Crippen LogP) is 5.36. The fourth-order valence-corrected chi connectivity index (χ4v) is 3.39. The van der Waals surface area contributed by atoms with Crippen molar-refractivity contribution >= 4 is 23.0 Å². The lowest BCUT2D eigenvalue weighted by molar-refractivity contribution is -0.143. The van der Waals surface area contributed by atoms with Crippen molar-refractivity contribution in [2.45, 2.75) is 52.7 Å². The molecule has 3 aromatic rings. The highest BCUT2D eigenvalue weighted by Gasteiger charge is 2.15. The lowest BCUT2D eigenvalue weighted by atomic mass is 10.0. The number of aromatic amines is 1. The van der Waals surface area contributed by atoms with E-state index >= 15 is 0 Å². The van der Waals surface area contributed by atoms with Crippen LogP contribution in [0.1, 0.15) is 45.2 Å². The van der Waals surface area contributed by atoms with Crippen molar-refractivity contribution in [1.29, 1.82) is 0 Å². The third kappa shape index (κ3) is 6.35. The van der Waals surface area contributed by atoms with Crippen LogP contribution in [0.25, 0.3) is 22.0 Å². The first-order valence-electron chi connectivity index (χ1n) is 10.6. The van der Waals surface area contributed by atoms with Gasteiger partial charge in [-0.15, -0.1) is 0 Å². The fraction of sp³-hybridized carbons (Fsp3) is 0.360. The van der Waals surface area contributed by atoms with Gasteiger partial charge in [0.05, 0.1) is 6.61 Å².